The second kappa shape index (κ2) is 6.00. The SMILES string of the molecule is CCN(CC)c1nc(N)nc(-c2cc(F)ccc2Cl)n1. The first-order valence-corrected chi connectivity index (χ1v) is 6.64. The van der Waals surface area contributed by atoms with E-state index in [0.29, 0.717) is 16.5 Å². The summed E-state index contributed by atoms with van der Waals surface area (Å²) < 4.78 is 13.4. The third-order valence-electron chi connectivity index (χ3n) is 2.86. The molecule has 2 rings (SSSR count). The Labute approximate surface area is 121 Å². The van der Waals surface area contributed by atoms with Crippen LogP contribution in [0.5, 0.6) is 0 Å². The number of nitrogen functional groups attached to an aromatic ring is 1. The first kappa shape index (κ1) is 14.5. The van der Waals surface area contributed by atoms with Crippen LogP contribution in [0, 0.1) is 5.82 Å². The van der Waals surface area contributed by atoms with Crippen molar-refractivity contribution in [1.29, 1.82) is 0 Å². The third kappa shape index (κ3) is 2.96. The fraction of sp³-hybridized carbons (Fsp3) is 0.308. The molecule has 0 fully saturated rings. The maximum atomic E-state index is 13.4. The molecule has 0 aliphatic rings. The van der Waals surface area contributed by atoms with Gasteiger partial charge in [0.2, 0.25) is 11.9 Å². The lowest BCUT2D eigenvalue weighted by Gasteiger charge is -2.19. The molecule has 0 aliphatic heterocycles. The number of benzene rings is 1. The molecule has 1 aromatic heterocycles. The van der Waals surface area contributed by atoms with E-state index in [0.717, 1.165) is 13.1 Å². The van der Waals surface area contributed by atoms with Gasteiger partial charge in [-0.2, -0.15) is 15.0 Å². The van der Waals surface area contributed by atoms with E-state index in [1.54, 1.807) is 0 Å². The highest BCUT2D eigenvalue weighted by molar-refractivity contribution is 6.33. The summed E-state index contributed by atoms with van der Waals surface area (Å²) in [6.07, 6.45) is 0. The van der Waals surface area contributed by atoms with Gasteiger partial charge in [-0.1, -0.05) is 11.6 Å². The molecule has 7 heteroatoms. The fourth-order valence-corrected chi connectivity index (χ4v) is 2.02. The Bertz CT molecular complexity index is 616. The number of hydrogen-bond donors (Lipinski definition) is 1. The molecule has 0 bridgehead atoms. The largest absolute Gasteiger partial charge is 0.368 e. The van der Waals surface area contributed by atoms with Crippen molar-refractivity contribution in [3.63, 3.8) is 0 Å². The summed E-state index contributed by atoms with van der Waals surface area (Å²) in [5, 5.41) is 0.363. The Morgan fingerprint density at radius 1 is 1.20 bits per heavy atom. The van der Waals surface area contributed by atoms with Crippen LogP contribution in [0.25, 0.3) is 11.4 Å². The quantitative estimate of drug-likeness (QED) is 0.939. The monoisotopic (exact) mass is 295 g/mol. The maximum absolute atomic E-state index is 13.4. The minimum atomic E-state index is -0.409. The van der Waals surface area contributed by atoms with Crippen molar-refractivity contribution < 1.29 is 4.39 Å². The number of anilines is 2. The molecule has 0 saturated heterocycles. The standard InChI is InChI=1S/C13H15ClFN5/c1-3-20(4-2)13-18-11(17-12(16)19-13)9-7-8(15)5-6-10(9)14/h5-7H,3-4H2,1-2H3,(H2,16,17,18,19). The van der Waals surface area contributed by atoms with Crippen LogP contribution in [-0.4, -0.2) is 28.0 Å². The van der Waals surface area contributed by atoms with Crippen molar-refractivity contribution in [2.75, 3.05) is 23.7 Å². The third-order valence-corrected chi connectivity index (χ3v) is 3.19. The van der Waals surface area contributed by atoms with E-state index in [-0.39, 0.29) is 11.8 Å². The lowest BCUT2D eigenvalue weighted by Crippen LogP contribution is -2.25. The van der Waals surface area contributed by atoms with Gasteiger partial charge in [0, 0.05) is 18.7 Å². The van der Waals surface area contributed by atoms with E-state index in [1.165, 1.54) is 18.2 Å². The molecule has 0 spiro atoms. The van der Waals surface area contributed by atoms with Gasteiger partial charge in [-0.3, -0.25) is 0 Å². The van der Waals surface area contributed by atoms with E-state index in [1.807, 2.05) is 18.7 Å². The molecule has 2 N–H and O–H groups in total. The zero-order valence-corrected chi connectivity index (χ0v) is 12.0. The second-order valence-corrected chi connectivity index (χ2v) is 4.52. The highest BCUT2D eigenvalue weighted by atomic mass is 35.5. The first-order valence-electron chi connectivity index (χ1n) is 6.27. The molecule has 106 valence electrons. The maximum Gasteiger partial charge on any atom is 0.230 e. The normalized spacial score (nSPS) is 10.6. The highest BCUT2D eigenvalue weighted by Gasteiger charge is 2.14. The number of hydrogen-bond acceptors (Lipinski definition) is 5. The topological polar surface area (TPSA) is 67.9 Å². The van der Waals surface area contributed by atoms with Crippen LogP contribution in [0.3, 0.4) is 0 Å². The van der Waals surface area contributed by atoms with Gasteiger partial charge in [-0.15, -0.1) is 0 Å². The minimum absolute atomic E-state index is 0.0808. The smallest absolute Gasteiger partial charge is 0.230 e. The van der Waals surface area contributed by atoms with Crippen molar-refractivity contribution >= 4 is 23.5 Å². The van der Waals surface area contributed by atoms with Gasteiger partial charge in [0.05, 0.1) is 5.02 Å². The van der Waals surface area contributed by atoms with E-state index < -0.39 is 5.82 Å². The Hall–Kier alpha value is -1.95. The fourth-order valence-electron chi connectivity index (χ4n) is 1.82. The summed E-state index contributed by atoms with van der Waals surface area (Å²) in [4.78, 5) is 14.4. The molecule has 0 unspecified atom stereocenters. The van der Waals surface area contributed by atoms with Gasteiger partial charge >= 0.3 is 0 Å². The van der Waals surface area contributed by atoms with Gasteiger partial charge in [-0.25, -0.2) is 4.39 Å². The minimum Gasteiger partial charge on any atom is -0.368 e. The van der Waals surface area contributed by atoms with Crippen molar-refractivity contribution in [3.8, 4) is 11.4 Å². The number of aromatic nitrogens is 3. The van der Waals surface area contributed by atoms with Crippen molar-refractivity contribution in [1.82, 2.24) is 15.0 Å². The number of nitrogens with zero attached hydrogens (tertiary/aromatic N) is 4. The summed E-state index contributed by atoms with van der Waals surface area (Å²) >= 11 is 6.06. The highest BCUT2D eigenvalue weighted by Crippen LogP contribution is 2.27. The van der Waals surface area contributed by atoms with Crippen LogP contribution in [-0.2, 0) is 0 Å². The van der Waals surface area contributed by atoms with Gasteiger partial charge in [0.15, 0.2) is 5.82 Å². The summed E-state index contributed by atoms with van der Waals surface area (Å²) in [5.74, 6) is 0.395. The van der Waals surface area contributed by atoms with Gasteiger partial charge in [0.1, 0.15) is 5.82 Å². The lowest BCUT2D eigenvalue weighted by molar-refractivity contribution is 0.628. The van der Waals surface area contributed by atoms with Crippen molar-refractivity contribution in [2.45, 2.75) is 13.8 Å². The molecular formula is C13H15ClFN5. The van der Waals surface area contributed by atoms with Gasteiger partial charge in [0.25, 0.3) is 0 Å². The molecule has 0 aliphatic carbocycles. The summed E-state index contributed by atoms with van der Waals surface area (Å²) in [7, 11) is 0. The van der Waals surface area contributed by atoms with Crippen molar-refractivity contribution in [2.24, 2.45) is 0 Å². The Kier molecular flexibility index (Phi) is 4.34. The molecule has 0 amide bonds. The molecule has 5 nitrogen and oxygen atoms in total. The molecule has 1 aromatic carbocycles. The molecule has 1 heterocycles. The predicted molar refractivity (Wildman–Crippen MR) is 78.2 cm³/mol. The zero-order valence-electron chi connectivity index (χ0n) is 11.3. The molecule has 20 heavy (non-hydrogen) atoms. The predicted octanol–water partition coefficient (Wildman–Crippen LogP) is 2.76. The van der Waals surface area contributed by atoms with Gasteiger partial charge in [-0.05, 0) is 32.0 Å². The number of nitrogens with two attached hydrogens (primary N) is 1. The Balaban J connectivity index is 2.54. The van der Waals surface area contributed by atoms with Crippen LogP contribution < -0.4 is 10.6 Å². The average Bonchev–Trinajstić information content (AvgIpc) is 2.42. The van der Waals surface area contributed by atoms with Gasteiger partial charge < -0.3 is 10.6 Å². The van der Waals surface area contributed by atoms with E-state index in [9.17, 15) is 4.39 Å². The Morgan fingerprint density at radius 2 is 1.90 bits per heavy atom. The zero-order chi connectivity index (χ0) is 14.7. The van der Waals surface area contributed by atoms with Crippen LogP contribution >= 0.6 is 11.6 Å². The summed E-state index contributed by atoms with van der Waals surface area (Å²) in [5.41, 5.74) is 6.10. The molecule has 0 atom stereocenters. The van der Waals surface area contributed by atoms with Crippen LogP contribution in [0.15, 0.2) is 18.2 Å². The van der Waals surface area contributed by atoms with Crippen LogP contribution in [0.4, 0.5) is 16.3 Å². The second-order valence-electron chi connectivity index (χ2n) is 4.11. The Morgan fingerprint density at radius 3 is 2.55 bits per heavy atom. The average molecular weight is 296 g/mol. The van der Waals surface area contributed by atoms with Crippen LogP contribution in [0.2, 0.25) is 5.02 Å². The molecular weight excluding hydrogens is 281 g/mol. The van der Waals surface area contributed by atoms with E-state index in [4.69, 9.17) is 17.3 Å². The van der Waals surface area contributed by atoms with Crippen LogP contribution in [0.1, 0.15) is 13.8 Å². The van der Waals surface area contributed by atoms with Crippen molar-refractivity contribution in [3.05, 3.63) is 29.0 Å². The molecule has 0 saturated carbocycles. The summed E-state index contributed by atoms with van der Waals surface area (Å²) in [6, 6.07) is 4.02. The number of rotatable bonds is 4. The van der Waals surface area contributed by atoms with E-state index in [2.05, 4.69) is 15.0 Å². The lowest BCUT2D eigenvalue weighted by atomic mass is 10.2. The van der Waals surface area contributed by atoms with E-state index >= 15 is 0 Å². The summed E-state index contributed by atoms with van der Waals surface area (Å²) in [6.45, 7) is 5.43. The number of halogens is 2. The molecule has 0 radical (unpaired) electrons. The first-order chi connectivity index (χ1) is 9.55. The molecule has 2 aromatic rings.